The zero-order valence-electron chi connectivity index (χ0n) is 13.1. The second-order valence-corrected chi connectivity index (χ2v) is 6.52. The predicted molar refractivity (Wildman–Crippen MR) is 82.4 cm³/mol. The van der Waals surface area contributed by atoms with Crippen LogP contribution in [0.1, 0.15) is 50.0 Å². The van der Waals surface area contributed by atoms with Gasteiger partial charge in [0.2, 0.25) is 11.8 Å². The summed E-state index contributed by atoms with van der Waals surface area (Å²) >= 11 is 0. The first-order valence-electron chi connectivity index (χ1n) is 8.10. The van der Waals surface area contributed by atoms with Crippen molar-refractivity contribution in [3.63, 3.8) is 0 Å². The minimum atomic E-state index is -4.50. The van der Waals surface area contributed by atoms with E-state index in [9.17, 15) is 22.8 Å². The number of rotatable bonds is 2. The Kier molecular flexibility index (Phi) is 4.27. The molecule has 1 fully saturated rings. The smallest absolute Gasteiger partial charge is 0.341 e. The summed E-state index contributed by atoms with van der Waals surface area (Å²) in [6, 6.07) is 6.72. The van der Waals surface area contributed by atoms with E-state index in [4.69, 9.17) is 0 Å². The Morgan fingerprint density at radius 1 is 1.17 bits per heavy atom. The largest absolute Gasteiger partial charge is 0.411 e. The number of benzene rings is 1. The maximum Gasteiger partial charge on any atom is 0.411 e. The molecular weight excluding hydrogens is 321 g/mol. The summed E-state index contributed by atoms with van der Waals surface area (Å²) < 4.78 is 40.8. The monoisotopic (exact) mass is 340 g/mol. The van der Waals surface area contributed by atoms with Gasteiger partial charge in [0.15, 0.2) is 0 Å². The van der Waals surface area contributed by atoms with E-state index in [1.807, 2.05) is 0 Å². The molecule has 0 spiro atoms. The molecule has 0 aromatic heterocycles. The third-order valence-corrected chi connectivity index (χ3v) is 4.93. The number of amides is 2. The molecule has 1 aliphatic heterocycles. The number of carbonyl (C=O) groups excluding carboxylic acids is 2. The van der Waals surface area contributed by atoms with Crippen molar-refractivity contribution in [2.24, 2.45) is 0 Å². The first-order valence-corrected chi connectivity index (χ1v) is 8.10. The van der Waals surface area contributed by atoms with Crippen molar-refractivity contribution in [1.29, 1.82) is 0 Å². The molecule has 0 radical (unpaired) electrons. The predicted octanol–water partition coefficient (Wildman–Crippen LogP) is 3.49. The van der Waals surface area contributed by atoms with Crippen LogP contribution < -0.4 is 10.6 Å². The summed E-state index contributed by atoms with van der Waals surface area (Å²) in [6.45, 7) is 0. The number of para-hydroxylation sites is 1. The summed E-state index contributed by atoms with van der Waals surface area (Å²) in [7, 11) is 0. The molecule has 1 unspecified atom stereocenters. The SMILES string of the molecule is O=C1CC(C(=O)NC2(C(F)(F)F)CCCCC2)c2ccccc2N1. The summed E-state index contributed by atoms with van der Waals surface area (Å²) in [5, 5.41) is 4.91. The molecule has 1 saturated carbocycles. The molecule has 2 aliphatic rings. The van der Waals surface area contributed by atoms with E-state index < -0.39 is 23.5 Å². The fourth-order valence-electron chi connectivity index (χ4n) is 3.60. The first-order chi connectivity index (χ1) is 11.3. The highest BCUT2D eigenvalue weighted by atomic mass is 19.4. The van der Waals surface area contributed by atoms with Crippen molar-refractivity contribution >= 4 is 17.5 Å². The van der Waals surface area contributed by atoms with Crippen molar-refractivity contribution in [3.8, 4) is 0 Å². The molecule has 1 aromatic rings. The molecule has 1 aromatic carbocycles. The molecule has 7 heteroatoms. The molecule has 1 aliphatic carbocycles. The number of hydrogen-bond donors (Lipinski definition) is 2. The fourth-order valence-corrected chi connectivity index (χ4v) is 3.60. The molecular formula is C17H19F3N2O2. The van der Waals surface area contributed by atoms with Crippen molar-refractivity contribution in [1.82, 2.24) is 5.32 Å². The van der Waals surface area contributed by atoms with Gasteiger partial charge in [0.1, 0.15) is 5.54 Å². The van der Waals surface area contributed by atoms with Crippen LogP contribution in [-0.2, 0) is 9.59 Å². The zero-order chi connectivity index (χ0) is 17.4. The van der Waals surface area contributed by atoms with Crippen LogP contribution in [0.3, 0.4) is 0 Å². The molecule has 1 atom stereocenters. The number of alkyl halides is 3. The summed E-state index contributed by atoms with van der Waals surface area (Å²) in [5.41, 5.74) is -1.13. The Hall–Kier alpha value is -2.05. The molecule has 2 amide bonds. The molecule has 1 heterocycles. The van der Waals surface area contributed by atoms with Gasteiger partial charge in [-0.15, -0.1) is 0 Å². The van der Waals surface area contributed by atoms with Crippen molar-refractivity contribution in [2.45, 2.75) is 56.2 Å². The lowest BCUT2D eigenvalue weighted by Gasteiger charge is -2.40. The third kappa shape index (κ3) is 2.99. The fraction of sp³-hybridized carbons (Fsp3) is 0.529. The van der Waals surface area contributed by atoms with E-state index in [1.54, 1.807) is 24.3 Å². The van der Waals surface area contributed by atoms with Gasteiger partial charge in [-0.25, -0.2) is 0 Å². The Labute approximate surface area is 137 Å². The van der Waals surface area contributed by atoms with Crippen LogP contribution in [0.15, 0.2) is 24.3 Å². The van der Waals surface area contributed by atoms with Crippen LogP contribution in [0.2, 0.25) is 0 Å². The molecule has 130 valence electrons. The van der Waals surface area contributed by atoms with Crippen LogP contribution in [0.5, 0.6) is 0 Å². The van der Waals surface area contributed by atoms with E-state index in [1.165, 1.54) is 0 Å². The van der Waals surface area contributed by atoms with Crippen LogP contribution >= 0.6 is 0 Å². The topological polar surface area (TPSA) is 58.2 Å². The average Bonchev–Trinajstić information content (AvgIpc) is 2.53. The highest BCUT2D eigenvalue weighted by Gasteiger charge is 2.56. The summed E-state index contributed by atoms with van der Waals surface area (Å²) in [5.74, 6) is -1.98. The number of halogens is 3. The van der Waals surface area contributed by atoms with Gasteiger partial charge in [-0.2, -0.15) is 13.2 Å². The van der Waals surface area contributed by atoms with Gasteiger partial charge >= 0.3 is 6.18 Å². The van der Waals surface area contributed by atoms with Gasteiger partial charge in [0.05, 0.1) is 5.92 Å². The van der Waals surface area contributed by atoms with Crippen molar-refractivity contribution < 1.29 is 22.8 Å². The normalized spacial score (nSPS) is 23.1. The summed E-state index contributed by atoms with van der Waals surface area (Å²) in [6.07, 6.45) is -3.26. The zero-order valence-corrected chi connectivity index (χ0v) is 13.1. The van der Waals surface area contributed by atoms with E-state index in [0.717, 1.165) is 6.42 Å². The summed E-state index contributed by atoms with van der Waals surface area (Å²) in [4.78, 5) is 24.4. The van der Waals surface area contributed by atoms with E-state index in [-0.39, 0.29) is 25.2 Å². The Morgan fingerprint density at radius 3 is 2.50 bits per heavy atom. The van der Waals surface area contributed by atoms with Gasteiger partial charge in [0.25, 0.3) is 0 Å². The highest BCUT2D eigenvalue weighted by Crippen LogP contribution is 2.42. The molecule has 3 rings (SSSR count). The first kappa shape index (κ1) is 16.8. The van der Waals surface area contributed by atoms with E-state index in [2.05, 4.69) is 10.6 Å². The van der Waals surface area contributed by atoms with Crippen LogP contribution in [0.4, 0.5) is 18.9 Å². The van der Waals surface area contributed by atoms with Gasteiger partial charge in [-0.3, -0.25) is 9.59 Å². The Bertz CT molecular complexity index is 651. The molecule has 0 bridgehead atoms. The minimum Gasteiger partial charge on any atom is -0.341 e. The second kappa shape index (κ2) is 6.11. The molecule has 4 nitrogen and oxygen atoms in total. The molecule has 0 saturated heterocycles. The maximum absolute atomic E-state index is 13.6. The van der Waals surface area contributed by atoms with Gasteiger partial charge in [-0.05, 0) is 24.5 Å². The lowest BCUT2D eigenvalue weighted by molar-refractivity contribution is -0.207. The van der Waals surface area contributed by atoms with Crippen molar-refractivity contribution in [3.05, 3.63) is 29.8 Å². The minimum absolute atomic E-state index is 0.108. The molecule has 24 heavy (non-hydrogen) atoms. The van der Waals surface area contributed by atoms with Crippen LogP contribution in [0.25, 0.3) is 0 Å². The van der Waals surface area contributed by atoms with Crippen LogP contribution in [0, 0.1) is 0 Å². The average molecular weight is 340 g/mol. The lowest BCUT2D eigenvalue weighted by Crippen LogP contribution is -2.60. The Balaban J connectivity index is 1.87. The van der Waals surface area contributed by atoms with Crippen molar-refractivity contribution in [2.75, 3.05) is 5.32 Å². The lowest BCUT2D eigenvalue weighted by atomic mass is 9.80. The van der Waals surface area contributed by atoms with Gasteiger partial charge < -0.3 is 10.6 Å². The van der Waals surface area contributed by atoms with E-state index in [0.29, 0.717) is 24.1 Å². The van der Waals surface area contributed by atoms with Gasteiger partial charge in [-0.1, -0.05) is 37.5 Å². The molecule has 2 N–H and O–H groups in total. The Morgan fingerprint density at radius 2 is 1.83 bits per heavy atom. The number of anilines is 1. The highest BCUT2D eigenvalue weighted by molar-refractivity contribution is 6.01. The number of carbonyl (C=O) groups is 2. The quantitative estimate of drug-likeness (QED) is 0.866. The van der Waals surface area contributed by atoms with Crippen LogP contribution in [-0.4, -0.2) is 23.5 Å². The van der Waals surface area contributed by atoms with E-state index >= 15 is 0 Å². The maximum atomic E-state index is 13.6. The van der Waals surface area contributed by atoms with Gasteiger partial charge in [0, 0.05) is 12.1 Å². The number of fused-ring (bicyclic) bond motifs is 1. The standard InChI is InChI=1S/C17H19F3N2O2/c18-17(19,20)16(8-4-1-5-9-16)22-15(24)12-10-14(23)21-13-7-3-2-6-11(12)13/h2-3,6-7,12H,1,4-5,8-10H2,(H,21,23)(H,22,24). The number of hydrogen-bond acceptors (Lipinski definition) is 2. The third-order valence-electron chi connectivity index (χ3n) is 4.93. The number of nitrogens with one attached hydrogen (secondary N) is 2. The second-order valence-electron chi connectivity index (χ2n) is 6.52.